The van der Waals surface area contributed by atoms with Gasteiger partial charge in [-0.05, 0) is 78.6 Å². The number of rotatable bonds is 5. The number of nitrogens with one attached hydrogen (secondary N) is 1. The Morgan fingerprint density at radius 2 is 1.92 bits per heavy atom. The van der Waals surface area contributed by atoms with Gasteiger partial charge in [-0.15, -0.1) is 0 Å². The first-order valence-corrected chi connectivity index (χ1v) is 10.6. The first-order chi connectivity index (χ1) is 12.8. The quantitative estimate of drug-likeness (QED) is 0.794. The van der Waals surface area contributed by atoms with Crippen molar-refractivity contribution in [1.82, 2.24) is 10.2 Å². The average Bonchev–Trinajstić information content (AvgIpc) is 3.41. The molecule has 0 spiro atoms. The molecule has 138 valence electrons. The molecule has 0 bridgehead atoms. The lowest BCUT2D eigenvalue weighted by atomic mass is 10.1. The van der Waals surface area contributed by atoms with Crippen LogP contribution < -0.4 is 10.1 Å². The zero-order valence-electron chi connectivity index (χ0n) is 15.0. The molecule has 26 heavy (non-hydrogen) atoms. The van der Waals surface area contributed by atoms with E-state index in [0.29, 0.717) is 12.6 Å². The van der Waals surface area contributed by atoms with E-state index in [1.54, 1.807) is 11.3 Å². The minimum absolute atomic E-state index is 0.0324. The van der Waals surface area contributed by atoms with E-state index in [1.807, 2.05) is 29.2 Å². The number of benzene rings is 1. The van der Waals surface area contributed by atoms with Gasteiger partial charge in [-0.3, -0.25) is 0 Å². The number of carbonyl (C=O) groups excluding carboxylic acids is 1. The molecule has 1 atom stereocenters. The van der Waals surface area contributed by atoms with Gasteiger partial charge in [0.15, 0.2) is 0 Å². The van der Waals surface area contributed by atoms with E-state index in [2.05, 4.69) is 22.1 Å². The van der Waals surface area contributed by atoms with Gasteiger partial charge in [0.1, 0.15) is 5.75 Å². The first kappa shape index (κ1) is 17.4. The second kappa shape index (κ2) is 8.12. The zero-order chi connectivity index (χ0) is 17.8. The number of thiophene rings is 1. The highest BCUT2D eigenvalue weighted by molar-refractivity contribution is 7.07. The summed E-state index contributed by atoms with van der Waals surface area (Å²) in [5, 5.41) is 7.31. The Hall–Kier alpha value is -2.01. The number of urea groups is 1. The summed E-state index contributed by atoms with van der Waals surface area (Å²) in [7, 11) is 0. The molecule has 1 aliphatic carbocycles. The number of hydrogen-bond acceptors (Lipinski definition) is 3. The molecule has 1 saturated heterocycles. The van der Waals surface area contributed by atoms with Crippen LogP contribution in [0.15, 0.2) is 41.1 Å². The van der Waals surface area contributed by atoms with Crippen LogP contribution >= 0.6 is 11.3 Å². The fourth-order valence-corrected chi connectivity index (χ4v) is 4.69. The lowest BCUT2D eigenvalue weighted by Gasteiger charge is -2.24. The summed E-state index contributed by atoms with van der Waals surface area (Å²) in [5.41, 5.74) is 2.36. The highest BCUT2D eigenvalue weighted by atomic mass is 32.1. The van der Waals surface area contributed by atoms with E-state index in [1.165, 1.54) is 31.2 Å². The summed E-state index contributed by atoms with van der Waals surface area (Å²) in [6.45, 7) is 1.38. The van der Waals surface area contributed by atoms with E-state index in [4.69, 9.17) is 4.74 Å². The van der Waals surface area contributed by atoms with Crippen molar-refractivity contribution in [3.8, 4) is 5.75 Å². The second-order valence-corrected chi connectivity index (χ2v) is 8.02. The van der Waals surface area contributed by atoms with Gasteiger partial charge in [0.05, 0.1) is 12.1 Å². The average molecular weight is 371 g/mol. The molecule has 1 unspecified atom stereocenters. The number of carbonyl (C=O) groups is 1. The van der Waals surface area contributed by atoms with Crippen molar-refractivity contribution in [1.29, 1.82) is 0 Å². The molecule has 2 aromatic rings. The van der Waals surface area contributed by atoms with Gasteiger partial charge in [0.25, 0.3) is 0 Å². The van der Waals surface area contributed by atoms with Gasteiger partial charge in [-0.1, -0.05) is 12.1 Å². The Labute approximate surface area is 159 Å². The van der Waals surface area contributed by atoms with Gasteiger partial charge in [-0.2, -0.15) is 11.3 Å². The maximum absolute atomic E-state index is 12.6. The highest BCUT2D eigenvalue weighted by Gasteiger charge is 2.29. The summed E-state index contributed by atoms with van der Waals surface area (Å²) in [6.07, 6.45) is 7.39. The lowest BCUT2D eigenvalue weighted by molar-refractivity contribution is 0.192. The standard InChI is InChI=1S/C21H26N2O2S/c24-21(23-12-3-6-20(23)17-11-13-26-15-17)22-14-16-7-9-19(10-8-16)25-18-4-1-2-5-18/h7-11,13,15,18,20H,1-6,12,14H2,(H,22,24). The van der Waals surface area contributed by atoms with Crippen LogP contribution in [-0.4, -0.2) is 23.6 Å². The molecule has 2 amide bonds. The van der Waals surface area contributed by atoms with Gasteiger partial charge in [0.2, 0.25) is 0 Å². The summed E-state index contributed by atoms with van der Waals surface area (Å²) < 4.78 is 6.00. The maximum Gasteiger partial charge on any atom is 0.318 e. The van der Waals surface area contributed by atoms with Crippen LogP contribution in [0.3, 0.4) is 0 Å². The Bertz CT molecular complexity index is 708. The number of amides is 2. The number of ether oxygens (including phenoxy) is 1. The Morgan fingerprint density at radius 3 is 2.65 bits per heavy atom. The Kier molecular flexibility index (Phi) is 5.44. The predicted molar refractivity (Wildman–Crippen MR) is 105 cm³/mol. The van der Waals surface area contributed by atoms with Crippen LogP contribution in [-0.2, 0) is 6.54 Å². The summed E-state index contributed by atoms with van der Waals surface area (Å²) in [6, 6.07) is 10.5. The molecule has 1 N–H and O–H groups in total. The molecule has 2 fully saturated rings. The molecule has 1 aromatic carbocycles. The third-order valence-electron chi connectivity index (χ3n) is 5.41. The molecule has 2 heterocycles. The molecule has 2 aliphatic rings. The molecule has 4 nitrogen and oxygen atoms in total. The van der Waals surface area contributed by atoms with Crippen LogP contribution in [0, 0.1) is 0 Å². The second-order valence-electron chi connectivity index (χ2n) is 7.24. The molecule has 1 aromatic heterocycles. The summed E-state index contributed by atoms with van der Waals surface area (Å²) >= 11 is 1.69. The normalized spacial score (nSPS) is 20.5. The summed E-state index contributed by atoms with van der Waals surface area (Å²) in [4.78, 5) is 14.6. The number of nitrogens with zero attached hydrogens (tertiary/aromatic N) is 1. The Morgan fingerprint density at radius 1 is 1.12 bits per heavy atom. The molecular weight excluding hydrogens is 344 g/mol. The van der Waals surface area contributed by atoms with Crippen molar-refractivity contribution < 1.29 is 9.53 Å². The van der Waals surface area contributed by atoms with Crippen molar-refractivity contribution in [3.05, 3.63) is 52.2 Å². The van der Waals surface area contributed by atoms with Crippen molar-refractivity contribution in [2.75, 3.05) is 6.54 Å². The van der Waals surface area contributed by atoms with Crippen molar-refractivity contribution in [2.24, 2.45) is 0 Å². The molecule has 4 rings (SSSR count). The van der Waals surface area contributed by atoms with Gasteiger partial charge in [0, 0.05) is 13.1 Å². The van der Waals surface area contributed by atoms with Gasteiger partial charge < -0.3 is 15.0 Å². The van der Waals surface area contributed by atoms with Crippen LogP contribution in [0.2, 0.25) is 0 Å². The fourth-order valence-electron chi connectivity index (χ4n) is 3.98. The minimum atomic E-state index is 0.0324. The predicted octanol–water partition coefficient (Wildman–Crippen LogP) is 5.12. The van der Waals surface area contributed by atoms with E-state index in [0.717, 1.165) is 30.7 Å². The third-order valence-corrected chi connectivity index (χ3v) is 6.12. The smallest absolute Gasteiger partial charge is 0.318 e. The summed E-state index contributed by atoms with van der Waals surface area (Å²) in [5.74, 6) is 0.934. The van der Waals surface area contributed by atoms with Crippen LogP contribution in [0.4, 0.5) is 4.79 Å². The monoisotopic (exact) mass is 370 g/mol. The molecule has 0 radical (unpaired) electrons. The van der Waals surface area contributed by atoms with Crippen LogP contribution in [0.25, 0.3) is 0 Å². The van der Waals surface area contributed by atoms with Gasteiger partial charge in [-0.25, -0.2) is 4.79 Å². The van der Waals surface area contributed by atoms with Crippen molar-refractivity contribution in [2.45, 2.75) is 57.2 Å². The maximum atomic E-state index is 12.6. The van der Waals surface area contributed by atoms with Crippen LogP contribution in [0.1, 0.15) is 55.7 Å². The first-order valence-electron chi connectivity index (χ1n) is 9.62. The molecule has 1 aliphatic heterocycles. The minimum Gasteiger partial charge on any atom is -0.490 e. The topological polar surface area (TPSA) is 41.6 Å². The van der Waals surface area contributed by atoms with Crippen molar-refractivity contribution in [3.63, 3.8) is 0 Å². The highest BCUT2D eigenvalue weighted by Crippen LogP contribution is 2.33. The van der Waals surface area contributed by atoms with Gasteiger partial charge >= 0.3 is 6.03 Å². The molecular formula is C21H26N2O2S. The largest absolute Gasteiger partial charge is 0.490 e. The van der Waals surface area contributed by atoms with Crippen molar-refractivity contribution >= 4 is 17.4 Å². The third kappa shape index (κ3) is 4.04. The van der Waals surface area contributed by atoms with E-state index < -0.39 is 0 Å². The lowest BCUT2D eigenvalue weighted by Crippen LogP contribution is -2.39. The zero-order valence-corrected chi connectivity index (χ0v) is 15.8. The number of hydrogen-bond donors (Lipinski definition) is 1. The molecule has 5 heteroatoms. The SMILES string of the molecule is O=C(NCc1ccc(OC2CCCC2)cc1)N1CCCC1c1ccsc1. The van der Waals surface area contributed by atoms with E-state index in [-0.39, 0.29) is 12.1 Å². The fraction of sp³-hybridized carbons (Fsp3) is 0.476. The van der Waals surface area contributed by atoms with Crippen LogP contribution in [0.5, 0.6) is 5.75 Å². The van der Waals surface area contributed by atoms with E-state index >= 15 is 0 Å². The molecule has 1 saturated carbocycles. The van der Waals surface area contributed by atoms with E-state index in [9.17, 15) is 4.79 Å². The number of likely N-dealkylation sites (tertiary alicyclic amines) is 1. The Balaban J connectivity index is 1.30.